The third-order valence-electron chi connectivity index (χ3n) is 3.45. The van der Waals surface area contributed by atoms with Gasteiger partial charge in [0.2, 0.25) is 5.91 Å². The van der Waals surface area contributed by atoms with Crippen LogP contribution in [0.3, 0.4) is 0 Å². The molecule has 2 fully saturated rings. The van der Waals surface area contributed by atoms with E-state index in [2.05, 4.69) is 0 Å². The van der Waals surface area contributed by atoms with Crippen LogP contribution in [0.15, 0.2) is 42.2 Å². The Bertz CT molecular complexity index is 483. The molecule has 2 aliphatic rings. The highest BCUT2D eigenvalue weighted by Gasteiger charge is 2.50. The first-order valence-corrected chi connectivity index (χ1v) is 6.12. The van der Waals surface area contributed by atoms with Gasteiger partial charge >= 0.3 is 0 Å². The Labute approximate surface area is 105 Å². The molecule has 2 saturated heterocycles. The molecule has 2 atom stereocenters. The predicted molar refractivity (Wildman–Crippen MR) is 65.4 cm³/mol. The fraction of sp³-hybridized carbons (Fsp3) is 0.357. The van der Waals surface area contributed by atoms with Gasteiger partial charge in [0.05, 0.1) is 19.1 Å². The van der Waals surface area contributed by atoms with Gasteiger partial charge in [-0.15, -0.1) is 0 Å². The van der Waals surface area contributed by atoms with Crippen molar-refractivity contribution in [3.05, 3.63) is 47.7 Å². The van der Waals surface area contributed by atoms with Gasteiger partial charge in [0, 0.05) is 6.42 Å². The normalized spacial score (nSPS) is 27.9. The quantitative estimate of drug-likeness (QED) is 0.810. The van der Waals surface area contributed by atoms with Crippen molar-refractivity contribution in [2.45, 2.75) is 25.1 Å². The monoisotopic (exact) mass is 245 g/mol. The molecule has 0 saturated carbocycles. The number of fused-ring (bicyclic) bond motifs is 1. The molecule has 1 amide bonds. The van der Waals surface area contributed by atoms with E-state index in [1.165, 1.54) is 0 Å². The highest BCUT2D eigenvalue weighted by Crippen LogP contribution is 2.37. The molecule has 0 aromatic heterocycles. The molecule has 1 aromatic rings. The molecule has 0 spiro atoms. The van der Waals surface area contributed by atoms with Crippen LogP contribution in [0.25, 0.3) is 0 Å². The van der Waals surface area contributed by atoms with Crippen molar-refractivity contribution in [3.63, 3.8) is 0 Å². The predicted octanol–water partition coefficient (Wildman–Crippen LogP) is 1.06. The van der Waals surface area contributed by atoms with Gasteiger partial charge in [-0.1, -0.05) is 30.3 Å². The van der Waals surface area contributed by atoms with E-state index in [0.717, 1.165) is 17.7 Å². The summed E-state index contributed by atoms with van der Waals surface area (Å²) in [5, 5.41) is 9.01. The Balaban J connectivity index is 1.83. The molecule has 2 heterocycles. The number of carbonyl (C=O) groups is 1. The molecule has 1 N–H and O–H groups in total. The van der Waals surface area contributed by atoms with Crippen molar-refractivity contribution in [2.75, 3.05) is 6.61 Å². The van der Waals surface area contributed by atoms with Gasteiger partial charge in [0.25, 0.3) is 0 Å². The van der Waals surface area contributed by atoms with Crippen LogP contribution in [0, 0.1) is 0 Å². The van der Waals surface area contributed by atoms with Crippen molar-refractivity contribution < 1.29 is 14.6 Å². The van der Waals surface area contributed by atoms with Gasteiger partial charge in [-0.25, -0.2) is 0 Å². The lowest BCUT2D eigenvalue weighted by Gasteiger charge is -2.35. The topological polar surface area (TPSA) is 49.8 Å². The van der Waals surface area contributed by atoms with Gasteiger partial charge in [-0.3, -0.25) is 9.69 Å². The molecule has 0 bridgehead atoms. The first-order chi connectivity index (χ1) is 8.79. The molecule has 3 rings (SSSR count). The summed E-state index contributed by atoms with van der Waals surface area (Å²) in [5.41, 5.74) is 1.16. The molecule has 18 heavy (non-hydrogen) atoms. The van der Waals surface area contributed by atoms with Crippen LogP contribution in [0.4, 0.5) is 0 Å². The Morgan fingerprint density at radius 3 is 2.83 bits per heavy atom. The minimum absolute atomic E-state index is 0.0601. The number of aliphatic hydroxyl groups is 1. The molecule has 4 nitrogen and oxygen atoms in total. The molecule has 0 radical (unpaired) electrons. The van der Waals surface area contributed by atoms with Crippen LogP contribution in [0.5, 0.6) is 0 Å². The number of hydrogen-bond donors (Lipinski definition) is 1. The van der Waals surface area contributed by atoms with Crippen LogP contribution in [-0.2, 0) is 16.0 Å². The van der Waals surface area contributed by atoms with E-state index in [4.69, 9.17) is 9.84 Å². The number of β-lactam (4-membered cyclic amide) rings is 1. The van der Waals surface area contributed by atoms with E-state index in [-0.39, 0.29) is 24.8 Å². The van der Waals surface area contributed by atoms with E-state index < -0.39 is 0 Å². The van der Waals surface area contributed by atoms with E-state index in [9.17, 15) is 4.79 Å². The minimum atomic E-state index is -0.121. The van der Waals surface area contributed by atoms with Crippen molar-refractivity contribution in [1.29, 1.82) is 0 Å². The largest absolute Gasteiger partial charge is 0.472 e. The number of amides is 1. The van der Waals surface area contributed by atoms with Gasteiger partial charge in [0.1, 0.15) is 5.76 Å². The molecule has 1 aromatic carbocycles. The number of nitrogens with zero attached hydrogens (tertiary/aromatic N) is 1. The minimum Gasteiger partial charge on any atom is -0.472 e. The summed E-state index contributed by atoms with van der Waals surface area (Å²) in [7, 11) is 0. The number of benzene rings is 1. The van der Waals surface area contributed by atoms with E-state index in [1.54, 1.807) is 11.0 Å². The SMILES string of the molecule is O=C1CC2OC(=CCO)C(Cc3ccccc3)N12. The first-order valence-electron chi connectivity index (χ1n) is 6.12. The number of rotatable bonds is 3. The Kier molecular flexibility index (Phi) is 2.80. The lowest BCUT2D eigenvalue weighted by atomic mass is 10.0. The maximum atomic E-state index is 11.6. The average Bonchev–Trinajstić information content (AvgIpc) is 2.63. The van der Waals surface area contributed by atoms with Crippen LogP contribution >= 0.6 is 0 Å². The summed E-state index contributed by atoms with van der Waals surface area (Å²) in [6.45, 7) is -0.0601. The average molecular weight is 245 g/mol. The molecule has 4 heteroatoms. The maximum absolute atomic E-state index is 11.6. The number of carbonyl (C=O) groups excluding carboxylic acids is 1. The highest BCUT2D eigenvalue weighted by molar-refractivity contribution is 5.84. The Morgan fingerprint density at radius 2 is 2.17 bits per heavy atom. The number of hydrogen-bond acceptors (Lipinski definition) is 3. The molecular weight excluding hydrogens is 230 g/mol. The number of ether oxygens (including phenoxy) is 1. The Morgan fingerprint density at radius 1 is 1.39 bits per heavy atom. The molecule has 2 aliphatic heterocycles. The second-order valence-corrected chi connectivity index (χ2v) is 4.57. The van der Waals surface area contributed by atoms with Gasteiger partial charge in [-0.2, -0.15) is 0 Å². The standard InChI is InChI=1S/C14H15NO3/c16-7-6-12-11(8-10-4-2-1-3-5-10)15-13(17)9-14(15)18-12/h1-6,11,14,16H,7-9H2. The summed E-state index contributed by atoms with van der Waals surface area (Å²) in [6.07, 6.45) is 2.71. The van der Waals surface area contributed by atoms with Crippen molar-refractivity contribution in [3.8, 4) is 0 Å². The summed E-state index contributed by atoms with van der Waals surface area (Å²) in [6, 6.07) is 9.94. The van der Waals surface area contributed by atoms with Crippen LogP contribution in [-0.4, -0.2) is 34.8 Å². The fourth-order valence-corrected chi connectivity index (χ4v) is 2.56. The molecule has 94 valence electrons. The van der Waals surface area contributed by atoms with Gasteiger partial charge < -0.3 is 9.84 Å². The Hall–Kier alpha value is -1.81. The first kappa shape index (κ1) is 11.3. The number of aliphatic hydroxyl groups excluding tert-OH is 1. The summed E-state index contributed by atoms with van der Waals surface area (Å²) in [4.78, 5) is 13.4. The van der Waals surface area contributed by atoms with Crippen LogP contribution in [0.2, 0.25) is 0 Å². The highest BCUT2D eigenvalue weighted by atomic mass is 16.5. The zero-order chi connectivity index (χ0) is 12.5. The second-order valence-electron chi connectivity index (χ2n) is 4.57. The lowest BCUT2D eigenvalue weighted by Crippen LogP contribution is -2.53. The lowest BCUT2D eigenvalue weighted by molar-refractivity contribution is -0.156. The van der Waals surface area contributed by atoms with Gasteiger partial charge in [-0.05, 0) is 11.6 Å². The summed E-state index contributed by atoms with van der Waals surface area (Å²) in [5.74, 6) is 0.847. The third kappa shape index (κ3) is 1.78. The summed E-state index contributed by atoms with van der Waals surface area (Å²) < 4.78 is 5.66. The molecular formula is C14H15NO3. The van der Waals surface area contributed by atoms with Crippen LogP contribution in [0.1, 0.15) is 12.0 Å². The van der Waals surface area contributed by atoms with Gasteiger partial charge in [0.15, 0.2) is 6.23 Å². The van der Waals surface area contributed by atoms with Crippen molar-refractivity contribution in [1.82, 2.24) is 4.90 Å². The molecule has 2 unspecified atom stereocenters. The van der Waals surface area contributed by atoms with Crippen molar-refractivity contribution in [2.24, 2.45) is 0 Å². The van der Waals surface area contributed by atoms with Crippen LogP contribution < -0.4 is 0 Å². The smallest absolute Gasteiger partial charge is 0.231 e. The van der Waals surface area contributed by atoms with E-state index in [1.807, 2.05) is 30.3 Å². The fourth-order valence-electron chi connectivity index (χ4n) is 2.56. The summed E-state index contributed by atoms with van der Waals surface area (Å²) >= 11 is 0. The zero-order valence-corrected chi connectivity index (χ0v) is 9.95. The van der Waals surface area contributed by atoms with E-state index >= 15 is 0 Å². The molecule has 0 aliphatic carbocycles. The zero-order valence-electron chi connectivity index (χ0n) is 9.95. The second kappa shape index (κ2) is 4.46. The maximum Gasteiger partial charge on any atom is 0.231 e. The van der Waals surface area contributed by atoms with Crippen molar-refractivity contribution >= 4 is 5.91 Å². The third-order valence-corrected chi connectivity index (χ3v) is 3.45. The van der Waals surface area contributed by atoms with E-state index in [0.29, 0.717) is 6.42 Å².